The van der Waals surface area contributed by atoms with Crippen LogP contribution in [0.4, 0.5) is 0 Å². The van der Waals surface area contributed by atoms with Crippen molar-refractivity contribution < 1.29 is 0 Å². The van der Waals surface area contributed by atoms with Crippen molar-refractivity contribution in [2.75, 3.05) is 0 Å². The van der Waals surface area contributed by atoms with Gasteiger partial charge in [-0.25, -0.2) is 9.97 Å². The zero-order valence-corrected chi connectivity index (χ0v) is 29.3. The van der Waals surface area contributed by atoms with E-state index in [1.165, 1.54) is 27.2 Å². The van der Waals surface area contributed by atoms with Gasteiger partial charge in [0.25, 0.3) is 0 Å². The quantitative estimate of drug-likeness (QED) is 0.169. The van der Waals surface area contributed by atoms with Crippen molar-refractivity contribution >= 4 is 54.5 Å². The highest BCUT2D eigenvalue weighted by Crippen LogP contribution is 2.43. The van der Waals surface area contributed by atoms with Crippen molar-refractivity contribution in [2.24, 2.45) is 0 Å². The van der Waals surface area contributed by atoms with E-state index < -0.39 is 0 Å². The lowest BCUT2D eigenvalue weighted by Gasteiger charge is -2.15. The van der Waals surface area contributed by atoms with Crippen molar-refractivity contribution in [3.05, 3.63) is 194 Å². The maximum absolute atomic E-state index is 5.45. The molecular formula is C50H32N4. The minimum atomic E-state index is 0.923. The Bertz CT molecular complexity index is 3190. The molecule has 4 nitrogen and oxygen atoms in total. The topological polar surface area (TPSA) is 35.6 Å². The molecule has 11 aromatic rings. The third kappa shape index (κ3) is 4.70. The van der Waals surface area contributed by atoms with E-state index in [4.69, 9.17) is 9.97 Å². The van der Waals surface area contributed by atoms with Crippen LogP contribution in [-0.4, -0.2) is 19.1 Å². The average molecular weight is 689 g/mol. The highest BCUT2D eigenvalue weighted by Gasteiger charge is 2.21. The van der Waals surface area contributed by atoms with Gasteiger partial charge >= 0.3 is 0 Å². The summed E-state index contributed by atoms with van der Waals surface area (Å²) in [5, 5.41) is 5.94. The molecule has 252 valence electrons. The second-order valence-electron chi connectivity index (χ2n) is 13.8. The highest BCUT2D eigenvalue weighted by molar-refractivity contribution is 6.25. The molecule has 8 aromatic carbocycles. The molecule has 0 aliphatic heterocycles. The minimum Gasteiger partial charge on any atom is -0.309 e. The zero-order chi connectivity index (χ0) is 35.6. The first-order valence-electron chi connectivity index (χ1n) is 18.3. The molecule has 0 saturated carbocycles. The Balaban J connectivity index is 1.10. The number of fused-ring (bicyclic) bond motifs is 8. The summed E-state index contributed by atoms with van der Waals surface area (Å²) >= 11 is 0. The number of hydrogen-bond acceptors (Lipinski definition) is 2. The third-order valence-corrected chi connectivity index (χ3v) is 10.7. The standard InChI is InChI=1S/C50H32N4/c1-3-16-37(17-4-1)53-45-24-11-8-21-40(45)42-31-30-41-39-20-7-9-22-43(39)51-48(47(41)49(42)53)36-15-13-14-35(32-36)33-26-28-34(29-27-33)50-52-44-23-10-12-25-46(44)54(50)38-18-5-2-6-19-38/h1-32H. The maximum atomic E-state index is 5.45. The number of hydrogen-bond donors (Lipinski definition) is 0. The van der Waals surface area contributed by atoms with Crippen LogP contribution in [0.25, 0.3) is 99.7 Å². The van der Waals surface area contributed by atoms with Gasteiger partial charge in [-0.2, -0.15) is 0 Å². The zero-order valence-electron chi connectivity index (χ0n) is 29.3. The Morgan fingerprint density at radius 2 is 0.926 bits per heavy atom. The Hall–Kier alpha value is -7.30. The lowest BCUT2D eigenvalue weighted by molar-refractivity contribution is 1.10. The van der Waals surface area contributed by atoms with Gasteiger partial charge < -0.3 is 4.57 Å². The number of nitrogens with zero attached hydrogens (tertiary/aromatic N) is 4. The number of aromatic nitrogens is 4. The predicted octanol–water partition coefficient (Wildman–Crippen LogP) is 12.8. The first-order valence-corrected chi connectivity index (χ1v) is 18.3. The number of rotatable bonds is 5. The van der Waals surface area contributed by atoms with Crippen LogP contribution in [0.5, 0.6) is 0 Å². The van der Waals surface area contributed by atoms with Crippen LogP contribution in [0, 0.1) is 0 Å². The summed E-state index contributed by atoms with van der Waals surface area (Å²) in [7, 11) is 0. The SMILES string of the molecule is c1ccc(-n2c(-c3ccc(-c4cccc(-c5nc6ccccc6c6ccc7c8ccccc8n(-c8ccccc8)c7c56)c4)cc3)nc3ccccc32)cc1. The van der Waals surface area contributed by atoms with Crippen molar-refractivity contribution in [1.29, 1.82) is 0 Å². The van der Waals surface area contributed by atoms with E-state index in [0.717, 1.165) is 72.5 Å². The van der Waals surface area contributed by atoms with E-state index in [1.807, 2.05) is 12.1 Å². The molecule has 3 aromatic heterocycles. The van der Waals surface area contributed by atoms with E-state index in [9.17, 15) is 0 Å². The van der Waals surface area contributed by atoms with E-state index >= 15 is 0 Å². The van der Waals surface area contributed by atoms with Crippen molar-refractivity contribution in [3.63, 3.8) is 0 Å². The van der Waals surface area contributed by atoms with Crippen LogP contribution in [0.15, 0.2) is 194 Å². The van der Waals surface area contributed by atoms with Crippen LogP contribution in [0.1, 0.15) is 0 Å². The summed E-state index contributed by atoms with van der Waals surface area (Å²) < 4.78 is 4.66. The molecule has 4 heteroatoms. The Morgan fingerprint density at radius 1 is 0.333 bits per heavy atom. The smallest absolute Gasteiger partial charge is 0.145 e. The number of imidazole rings is 1. The fraction of sp³-hybridized carbons (Fsp3) is 0. The number of benzene rings is 8. The average Bonchev–Trinajstić information content (AvgIpc) is 3.81. The van der Waals surface area contributed by atoms with Crippen molar-refractivity contribution in [1.82, 2.24) is 19.1 Å². The Kier molecular flexibility index (Phi) is 6.82. The fourth-order valence-corrected chi connectivity index (χ4v) is 8.27. The molecule has 0 aliphatic carbocycles. The second-order valence-corrected chi connectivity index (χ2v) is 13.8. The first kappa shape index (κ1) is 30.3. The van der Waals surface area contributed by atoms with Crippen LogP contribution >= 0.6 is 0 Å². The lowest BCUT2D eigenvalue weighted by Crippen LogP contribution is -1.97. The molecule has 0 bridgehead atoms. The molecule has 0 spiro atoms. The highest BCUT2D eigenvalue weighted by atomic mass is 15.1. The largest absolute Gasteiger partial charge is 0.309 e. The number of pyridine rings is 1. The molecule has 0 amide bonds. The molecule has 0 saturated heterocycles. The van der Waals surface area contributed by atoms with Crippen molar-refractivity contribution in [3.8, 4) is 45.1 Å². The summed E-state index contributed by atoms with van der Waals surface area (Å²) in [6.45, 7) is 0. The van der Waals surface area contributed by atoms with Gasteiger partial charge in [-0.05, 0) is 71.1 Å². The second kappa shape index (κ2) is 12.1. The summed E-state index contributed by atoms with van der Waals surface area (Å²) in [6.07, 6.45) is 0. The summed E-state index contributed by atoms with van der Waals surface area (Å²) in [4.78, 5) is 10.5. The van der Waals surface area contributed by atoms with Gasteiger partial charge in [-0.3, -0.25) is 4.57 Å². The van der Waals surface area contributed by atoms with Gasteiger partial charge in [0.1, 0.15) is 5.82 Å². The molecule has 0 atom stereocenters. The van der Waals surface area contributed by atoms with Gasteiger partial charge in [0, 0.05) is 44.0 Å². The molecule has 11 rings (SSSR count). The molecule has 0 N–H and O–H groups in total. The van der Waals surface area contributed by atoms with Crippen LogP contribution < -0.4 is 0 Å². The molecule has 0 fully saturated rings. The molecule has 0 radical (unpaired) electrons. The van der Waals surface area contributed by atoms with Gasteiger partial charge in [0.2, 0.25) is 0 Å². The van der Waals surface area contributed by atoms with E-state index in [-0.39, 0.29) is 0 Å². The van der Waals surface area contributed by atoms with E-state index in [2.05, 4.69) is 191 Å². The minimum absolute atomic E-state index is 0.923. The normalized spacial score (nSPS) is 11.7. The Morgan fingerprint density at radius 3 is 1.70 bits per heavy atom. The van der Waals surface area contributed by atoms with Gasteiger partial charge in [-0.1, -0.05) is 140 Å². The van der Waals surface area contributed by atoms with Gasteiger partial charge in [-0.15, -0.1) is 0 Å². The summed E-state index contributed by atoms with van der Waals surface area (Å²) in [5.41, 5.74) is 13.0. The molecule has 3 heterocycles. The molecule has 0 aliphatic rings. The lowest BCUT2D eigenvalue weighted by atomic mass is 9.95. The maximum Gasteiger partial charge on any atom is 0.145 e. The van der Waals surface area contributed by atoms with E-state index in [0.29, 0.717) is 0 Å². The van der Waals surface area contributed by atoms with Crippen molar-refractivity contribution in [2.45, 2.75) is 0 Å². The van der Waals surface area contributed by atoms with Crippen LogP contribution in [0.2, 0.25) is 0 Å². The number of para-hydroxylation sites is 6. The molecular weight excluding hydrogens is 657 g/mol. The fourth-order valence-electron chi connectivity index (χ4n) is 8.27. The predicted molar refractivity (Wildman–Crippen MR) is 225 cm³/mol. The van der Waals surface area contributed by atoms with Crippen LogP contribution in [0.3, 0.4) is 0 Å². The van der Waals surface area contributed by atoms with Gasteiger partial charge in [0.15, 0.2) is 0 Å². The van der Waals surface area contributed by atoms with E-state index in [1.54, 1.807) is 0 Å². The molecule has 0 unspecified atom stereocenters. The Labute approximate surface area is 311 Å². The summed E-state index contributed by atoms with van der Waals surface area (Å²) in [6, 6.07) is 68.9. The molecule has 54 heavy (non-hydrogen) atoms. The third-order valence-electron chi connectivity index (χ3n) is 10.7. The monoisotopic (exact) mass is 688 g/mol. The summed E-state index contributed by atoms with van der Waals surface area (Å²) in [5.74, 6) is 0.923. The first-order chi connectivity index (χ1) is 26.8. The van der Waals surface area contributed by atoms with Gasteiger partial charge in [0.05, 0.1) is 33.3 Å². The van der Waals surface area contributed by atoms with Crippen LogP contribution in [-0.2, 0) is 0 Å².